The van der Waals surface area contributed by atoms with Crippen LogP contribution in [0.25, 0.3) is 5.69 Å². The van der Waals surface area contributed by atoms with Crippen LogP contribution in [0.2, 0.25) is 0 Å². The summed E-state index contributed by atoms with van der Waals surface area (Å²) in [6.45, 7) is 5.55. The maximum Gasteiger partial charge on any atom is 0.122 e. The van der Waals surface area contributed by atoms with Gasteiger partial charge in [0.1, 0.15) is 5.75 Å². The number of methoxy groups -OCH3 is 1. The van der Waals surface area contributed by atoms with Gasteiger partial charge in [-0.25, -0.2) is 4.68 Å². The Kier molecular flexibility index (Phi) is 7.39. The summed E-state index contributed by atoms with van der Waals surface area (Å²) in [4.78, 5) is 5.07. The van der Waals surface area contributed by atoms with Gasteiger partial charge < -0.3 is 14.5 Å². The average Bonchev–Trinajstić information content (AvgIpc) is 3.27. The second-order valence-corrected chi connectivity index (χ2v) is 8.70. The van der Waals surface area contributed by atoms with Gasteiger partial charge in [0.15, 0.2) is 0 Å². The molecule has 0 aliphatic carbocycles. The molecule has 1 aliphatic rings. The highest BCUT2D eigenvalue weighted by Gasteiger charge is 2.21. The summed E-state index contributed by atoms with van der Waals surface area (Å²) < 4.78 is 7.48. The normalized spacial score (nSPS) is 17.2. The Hall–Kier alpha value is -2.63. The zero-order valence-electron chi connectivity index (χ0n) is 18.8. The average molecular weight is 419 g/mol. The monoisotopic (exact) mass is 418 g/mol. The lowest BCUT2D eigenvalue weighted by Crippen LogP contribution is -2.40. The zero-order chi connectivity index (χ0) is 21.5. The Morgan fingerprint density at radius 1 is 1.10 bits per heavy atom. The molecule has 0 bridgehead atoms. The molecular formula is C26H34N4O. The van der Waals surface area contributed by atoms with Crippen molar-refractivity contribution >= 4 is 0 Å². The van der Waals surface area contributed by atoms with Crippen molar-refractivity contribution in [2.75, 3.05) is 40.3 Å². The van der Waals surface area contributed by atoms with Gasteiger partial charge in [0.05, 0.1) is 19.0 Å². The van der Waals surface area contributed by atoms with Crippen LogP contribution in [-0.2, 0) is 13.0 Å². The van der Waals surface area contributed by atoms with Crippen molar-refractivity contribution in [2.24, 2.45) is 5.92 Å². The lowest BCUT2D eigenvalue weighted by Gasteiger charge is -2.34. The number of para-hydroxylation sites is 2. The Bertz CT molecular complexity index is 939. The van der Waals surface area contributed by atoms with E-state index in [4.69, 9.17) is 4.74 Å². The predicted octanol–water partition coefficient (Wildman–Crippen LogP) is 4.27. The van der Waals surface area contributed by atoms with Crippen LogP contribution < -0.4 is 4.74 Å². The molecule has 0 unspecified atom stereocenters. The molecule has 1 aliphatic heterocycles. The molecule has 0 amide bonds. The number of nitrogens with zero attached hydrogens (tertiary/aromatic N) is 4. The predicted molar refractivity (Wildman–Crippen MR) is 126 cm³/mol. The fraction of sp³-hybridized carbons (Fsp3) is 0.423. The molecule has 5 nitrogen and oxygen atoms in total. The molecule has 2 heterocycles. The first kappa shape index (κ1) is 21.6. The highest BCUT2D eigenvalue weighted by atomic mass is 16.5. The second kappa shape index (κ2) is 10.6. The Labute approximate surface area is 186 Å². The lowest BCUT2D eigenvalue weighted by atomic mass is 9.97. The number of likely N-dealkylation sites (tertiary alicyclic amines) is 1. The zero-order valence-corrected chi connectivity index (χ0v) is 18.8. The van der Waals surface area contributed by atoms with Crippen LogP contribution in [0.1, 0.15) is 24.0 Å². The quantitative estimate of drug-likeness (QED) is 0.520. The van der Waals surface area contributed by atoms with E-state index in [2.05, 4.69) is 58.5 Å². The van der Waals surface area contributed by atoms with E-state index >= 15 is 0 Å². The number of hydrogen-bond donors (Lipinski definition) is 0. The van der Waals surface area contributed by atoms with E-state index in [-0.39, 0.29) is 0 Å². The standard InChI is InChI=1S/C26H34N4O/c1-28(19-23-17-27-30(21-23)25-11-4-3-5-12-25)18-22-9-8-15-29(20-22)16-14-24-10-6-7-13-26(24)31-2/h3-7,10-13,17,21-22H,8-9,14-16,18-20H2,1-2H3/t22-/m1/s1. The minimum Gasteiger partial charge on any atom is -0.496 e. The minimum atomic E-state index is 0.723. The maximum atomic E-state index is 5.51. The van der Waals surface area contributed by atoms with Gasteiger partial charge in [0, 0.05) is 37.9 Å². The molecule has 5 heteroatoms. The largest absolute Gasteiger partial charge is 0.496 e. The summed E-state index contributed by atoms with van der Waals surface area (Å²) in [5.41, 5.74) is 3.67. The molecule has 31 heavy (non-hydrogen) atoms. The molecule has 3 aromatic rings. The maximum absolute atomic E-state index is 5.51. The summed E-state index contributed by atoms with van der Waals surface area (Å²) in [5.74, 6) is 1.73. The molecule has 1 atom stereocenters. The summed E-state index contributed by atoms with van der Waals surface area (Å²) >= 11 is 0. The van der Waals surface area contributed by atoms with Crippen molar-refractivity contribution in [3.63, 3.8) is 0 Å². The van der Waals surface area contributed by atoms with Crippen LogP contribution in [0, 0.1) is 5.92 Å². The third-order valence-corrected chi connectivity index (χ3v) is 6.17. The van der Waals surface area contributed by atoms with Gasteiger partial charge >= 0.3 is 0 Å². The Balaban J connectivity index is 1.26. The van der Waals surface area contributed by atoms with Crippen molar-refractivity contribution in [3.8, 4) is 11.4 Å². The van der Waals surface area contributed by atoms with E-state index in [1.165, 1.54) is 37.1 Å². The summed E-state index contributed by atoms with van der Waals surface area (Å²) in [7, 11) is 3.99. The van der Waals surface area contributed by atoms with Crippen LogP contribution in [0.4, 0.5) is 0 Å². The van der Waals surface area contributed by atoms with Gasteiger partial charge in [-0.2, -0.15) is 5.10 Å². The second-order valence-electron chi connectivity index (χ2n) is 8.70. The molecule has 0 radical (unpaired) electrons. The van der Waals surface area contributed by atoms with E-state index in [1.807, 2.05) is 35.1 Å². The minimum absolute atomic E-state index is 0.723. The first-order chi connectivity index (χ1) is 15.2. The van der Waals surface area contributed by atoms with Crippen LogP contribution in [0.3, 0.4) is 0 Å². The number of aromatic nitrogens is 2. The molecule has 2 aromatic carbocycles. The lowest BCUT2D eigenvalue weighted by molar-refractivity contribution is 0.142. The van der Waals surface area contributed by atoms with Crippen LogP contribution in [0.15, 0.2) is 67.0 Å². The fourth-order valence-corrected chi connectivity index (χ4v) is 4.67. The summed E-state index contributed by atoms with van der Waals surface area (Å²) in [6.07, 6.45) is 7.79. The fourth-order valence-electron chi connectivity index (χ4n) is 4.67. The Morgan fingerprint density at radius 3 is 2.74 bits per heavy atom. The highest BCUT2D eigenvalue weighted by Crippen LogP contribution is 2.21. The molecule has 0 N–H and O–H groups in total. The number of hydrogen-bond acceptors (Lipinski definition) is 4. The smallest absolute Gasteiger partial charge is 0.122 e. The highest BCUT2D eigenvalue weighted by molar-refractivity contribution is 5.33. The molecule has 1 aromatic heterocycles. The number of benzene rings is 2. The topological polar surface area (TPSA) is 33.5 Å². The van der Waals surface area contributed by atoms with Gasteiger partial charge in [-0.05, 0) is 62.5 Å². The first-order valence-electron chi connectivity index (χ1n) is 11.3. The summed E-state index contributed by atoms with van der Waals surface area (Å²) in [5, 5.41) is 4.54. The molecule has 1 saturated heterocycles. The van der Waals surface area contributed by atoms with E-state index in [9.17, 15) is 0 Å². The number of piperidine rings is 1. The van der Waals surface area contributed by atoms with Crippen molar-refractivity contribution in [2.45, 2.75) is 25.8 Å². The number of rotatable bonds is 9. The van der Waals surface area contributed by atoms with E-state index in [0.717, 1.165) is 43.4 Å². The summed E-state index contributed by atoms with van der Waals surface area (Å²) in [6, 6.07) is 18.7. The van der Waals surface area contributed by atoms with Gasteiger partial charge in [0.25, 0.3) is 0 Å². The van der Waals surface area contributed by atoms with E-state index in [1.54, 1.807) is 7.11 Å². The molecular weight excluding hydrogens is 384 g/mol. The SMILES string of the molecule is COc1ccccc1CCN1CCC[C@H](CN(C)Cc2cnn(-c3ccccc3)c2)C1. The third kappa shape index (κ3) is 5.96. The first-order valence-corrected chi connectivity index (χ1v) is 11.3. The van der Waals surface area contributed by atoms with Crippen molar-refractivity contribution in [1.82, 2.24) is 19.6 Å². The molecule has 4 rings (SSSR count). The van der Waals surface area contributed by atoms with Crippen LogP contribution >= 0.6 is 0 Å². The van der Waals surface area contributed by atoms with E-state index < -0.39 is 0 Å². The number of ether oxygens (including phenoxy) is 1. The van der Waals surface area contributed by atoms with Gasteiger partial charge in [0.2, 0.25) is 0 Å². The van der Waals surface area contributed by atoms with Gasteiger partial charge in [-0.15, -0.1) is 0 Å². The van der Waals surface area contributed by atoms with Crippen molar-refractivity contribution in [3.05, 3.63) is 78.1 Å². The van der Waals surface area contributed by atoms with Crippen LogP contribution in [0.5, 0.6) is 5.75 Å². The van der Waals surface area contributed by atoms with Crippen molar-refractivity contribution < 1.29 is 4.74 Å². The van der Waals surface area contributed by atoms with E-state index in [0.29, 0.717) is 0 Å². The van der Waals surface area contributed by atoms with Crippen LogP contribution in [-0.4, -0.2) is 59.9 Å². The molecule has 0 spiro atoms. The van der Waals surface area contributed by atoms with Crippen molar-refractivity contribution in [1.29, 1.82) is 0 Å². The molecule has 164 valence electrons. The molecule has 0 saturated carbocycles. The third-order valence-electron chi connectivity index (χ3n) is 6.17. The molecule has 1 fully saturated rings. The van der Waals surface area contributed by atoms with Gasteiger partial charge in [-0.3, -0.25) is 0 Å². The van der Waals surface area contributed by atoms with Gasteiger partial charge in [-0.1, -0.05) is 36.4 Å². The Morgan fingerprint density at radius 2 is 1.90 bits per heavy atom.